The average Bonchev–Trinajstić information content (AvgIpc) is 2.75. The second-order valence-corrected chi connectivity index (χ2v) is 4.97. The quantitative estimate of drug-likeness (QED) is 0.866. The van der Waals surface area contributed by atoms with Gasteiger partial charge in [-0.05, 0) is 29.3 Å². The Hall–Kier alpha value is -2.07. The summed E-state index contributed by atoms with van der Waals surface area (Å²) in [7, 11) is 0. The van der Waals surface area contributed by atoms with Crippen molar-refractivity contribution >= 4 is 16.7 Å². The first-order valence-electron chi connectivity index (χ1n) is 6.84. The van der Waals surface area contributed by atoms with Crippen LogP contribution in [0.3, 0.4) is 0 Å². The number of amides is 1. The molecular formula is C16H17NO3. The van der Waals surface area contributed by atoms with Gasteiger partial charge in [0, 0.05) is 19.7 Å². The first kappa shape index (κ1) is 12.9. The van der Waals surface area contributed by atoms with Crippen LogP contribution in [-0.4, -0.2) is 42.2 Å². The smallest absolute Gasteiger partial charge is 0.257 e. The lowest BCUT2D eigenvalue weighted by Gasteiger charge is -2.20. The van der Waals surface area contributed by atoms with Gasteiger partial charge in [0.25, 0.3) is 5.91 Å². The van der Waals surface area contributed by atoms with Crippen molar-refractivity contribution in [2.75, 3.05) is 26.3 Å². The molecule has 3 rings (SSSR count). The van der Waals surface area contributed by atoms with E-state index >= 15 is 0 Å². The van der Waals surface area contributed by atoms with Crippen LogP contribution in [0.5, 0.6) is 5.75 Å². The van der Waals surface area contributed by atoms with Gasteiger partial charge in [-0.15, -0.1) is 0 Å². The third-order valence-corrected chi connectivity index (χ3v) is 3.60. The van der Waals surface area contributed by atoms with E-state index in [1.54, 1.807) is 17.0 Å². The molecular weight excluding hydrogens is 254 g/mol. The Morgan fingerprint density at radius 2 is 1.85 bits per heavy atom. The average molecular weight is 271 g/mol. The molecule has 0 saturated carbocycles. The van der Waals surface area contributed by atoms with Gasteiger partial charge in [0.15, 0.2) is 0 Å². The van der Waals surface area contributed by atoms with Gasteiger partial charge in [-0.25, -0.2) is 0 Å². The number of phenols is 1. The lowest BCUT2D eigenvalue weighted by molar-refractivity contribution is 0.0738. The van der Waals surface area contributed by atoms with Crippen molar-refractivity contribution in [3.8, 4) is 5.75 Å². The van der Waals surface area contributed by atoms with E-state index in [0.29, 0.717) is 31.9 Å². The number of phenolic OH excluding ortho intramolecular Hbond substituents is 1. The maximum absolute atomic E-state index is 12.5. The van der Waals surface area contributed by atoms with Gasteiger partial charge in [-0.3, -0.25) is 4.79 Å². The maximum atomic E-state index is 12.5. The largest absolute Gasteiger partial charge is 0.507 e. The molecule has 0 unspecified atom stereocenters. The predicted octanol–water partition coefficient (Wildman–Crippen LogP) is 2.41. The van der Waals surface area contributed by atoms with Crippen LogP contribution in [0.4, 0.5) is 0 Å². The molecule has 1 N–H and O–H groups in total. The molecule has 1 aliphatic rings. The first-order chi connectivity index (χ1) is 9.75. The summed E-state index contributed by atoms with van der Waals surface area (Å²) in [5.41, 5.74) is 0.366. The molecule has 1 fully saturated rings. The summed E-state index contributed by atoms with van der Waals surface area (Å²) in [6.07, 6.45) is 0.833. The Morgan fingerprint density at radius 1 is 1.10 bits per heavy atom. The summed E-state index contributed by atoms with van der Waals surface area (Å²) < 4.78 is 5.35. The third kappa shape index (κ3) is 2.47. The van der Waals surface area contributed by atoms with Crippen LogP contribution in [0.2, 0.25) is 0 Å². The zero-order valence-electron chi connectivity index (χ0n) is 11.2. The minimum atomic E-state index is -0.126. The zero-order chi connectivity index (χ0) is 13.9. The molecule has 0 bridgehead atoms. The number of hydrogen-bond acceptors (Lipinski definition) is 3. The van der Waals surface area contributed by atoms with Gasteiger partial charge in [0.05, 0.1) is 12.2 Å². The highest BCUT2D eigenvalue weighted by Gasteiger charge is 2.20. The van der Waals surface area contributed by atoms with Gasteiger partial charge in [0.1, 0.15) is 5.75 Å². The summed E-state index contributed by atoms with van der Waals surface area (Å²) in [6.45, 7) is 2.49. The Morgan fingerprint density at radius 3 is 2.65 bits per heavy atom. The molecule has 4 nitrogen and oxygen atoms in total. The van der Waals surface area contributed by atoms with Gasteiger partial charge in [-0.2, -0.15) is 0 Å². The Kier molecular flexibility index (Phi) is 3.56. The van der Waals surface area contributed by atoms with Crippen molar-refractivity contribution < 1.29 is 14.6 Å². The maximum Gasteiger partial charge on any atom is 0.257 e. The van der Waals surface area contributed by atoms with Crippen molar-refractivity contribution in [1.82, 2.24) is 4.90 Å². The van der Waals surface area contributed by atoms with E-state index < -0.39 is 0 Å². The molecule has 0 atom stereocenters. The number of nitrogens with zero attached hydrogens (tertiary/aromatic N) is 1. The fourth-order valence-corrected chi connectivity index (χ4v) is 2.52. The number of hydrogen-bond donors (Lipinski definition) is 1. The number of ether oxygens (including phenoxy) is 1. The molecule has 2 aromatic rings. The number of carbonyl (C=O) groups is 1. The summed E-state index contributed by atoms with van der Waals surface area (Å²) >= 11 is 0. The van der Waals surface area contributed by atoms with Crippen molar-refractivity contribution in [1.29, 1.82) is 0 Å². The lowest BCUT2D eigenvalue weighted by Crippen LogP contribution is -2.33. The minimum absolute atomic E-state index is 0.0406. The molecule has 1 aliphatic heterocycles. The highest BCUT2D eigenvalue weighted by molar-refractivity contribution is 6.01. The number of rotatable bonds is 1. The Bertz CT molecular complexity index is 631. The SMILES string of the molecule is O=C(c1cc2ccccc2cc1O)N1CCCOCC1. The lowest BCUT2D eigenvalue weighted by atomic mass is 10.0. The predicted molar refractivity (Wildman–Crippen MR) is 77.0 cm³/mol. The monoisotopic (exact) mass is 271 g/mol. The second kappa shape index (κ2) is 5.51. The first-order valence-corrected chi connectivity index (χ1v) is 6.84. The van der Waals surface area contributed by atoms with E-state index in [9.17, 15) is 9.90 Å². The van der Waals surface area contributed by atoms with E-state index in [0.717, 1.165) is 17.2 Å². The molecule has 2 aromatic carbocycles. The van der Waals surface area contributed by atoms with E-state index in [4.69, 9.17) is 4.74 Å². The molecule has 20 heavy (non-hydrogen) atoms. The molecule has 1 amide bonds. The van der Waals surface area contributed by atoms with E-state index in [2.05, 4.69) is 0 Å². The molecule has 104 valence electrons. The second-order valence-electron chi connectivity index (χ2n) is 4.97. The van der Waals surface area contributed by atoms with Gasteiger partial charge in [-0.1, -0.05) is 24.3 Å². The Balaban J connectivity index is 1.95. The minimum Gasteiger partial charge on any atom is -0.507 e. The summed E-state index contributed by atoms with van der Waals surface area (Å²) in [4.78, 5) is 14.3. The van der Waals surface area contributed by atoms with Gasteiger partial charge < -0.3 is 14.7 Å². The van der Waals surface area contributed by atoms with Crippen LogP contribution >= 0.6 is 0 Å². The fraction of sp³-hybridized carbons (Fsp3) is 0.312. The van der Waals surface area contributed by atoms with Crippen molar-refractivity contribution in [3.05, 3.63) is 42.0 Å². The zero-order valence-corrected chi connectivity index (χ0v) is 11.2. The van der Waals surface area contributed by atoms with Crippen LogP contribution < -0.4 is 0 Å². The highest BCUT2D eigenvalue weighted by Crippen LogP contribution is 2.26. The van der Waals surface area contributed by atoms with Crippen LogP contribution in [-0.2, 0) is 4.74 Å². The topological polar surface area (TPSA) is 49.8 Å². The standard InChI is InChI=1S/C16H17NO3/c18-15-11-13-5-2-1-4-12(13)10-14(15)16(19)17-6-3-8-20-9-7-17/h1-2,4-5,10-11,18H,3,6-9H2. The summed E-state index contributed by atoms with van der Waals surface area (Å²) in [5.74, 6) is -0.0855. The van der Waals surface area contributed by atoms with E-state index in [-0.39, 0.29) is 11.7 Å². The van der Waals surface area contributed by atoms with Gasteiger partial charge in [0.2, 0.25) is 0 Å². The normalized spacial score (nSPS) is 16.1. The number of fused-ring (bicyclic) bond motifs is 1. The van der Waals surface area contributed by atoms with Crippen molar-refractivity contribution in [2.45, 2.75) is 6.42 Å². The number of benzene rings is 2. The fourth-order valence-electron chi connectivity index (χ4n) is 2.52. The molecule has 0 aromatic heterocycles. The summed E-state index contributed by atoms with van der Waals surface area (Å²) in [6, 6.07) is 11.1. The van der Waals surface area contributed by atoms with Crippen LogP contribution in [0.1, 0.15) is 16.8 Å². The third-order valence-electron chi connectivity index (χ3n) is 3.60. The van der Waals surface area contributed by atoms with Crippen molar-refractivity contribution in [2.24, 2.45) is 0 Å². The van der Waals surface area contributed by atoms with Crippen LogP contribution in [0, 0.1) is 0 Å². The molecule has 0 aliphatic carbocycles. The van der Waals surface area contributed by atoms with Crippen molar-refractivity contribution in [3.63, 3.8) is 0 Å². The highest BCUT2D eigenvalue weighted by atomic mass is 16.5. The van der Waals surface area contributed by atoms with Gasteiger partial charge >= 0.3 is 0 Å². The number of carbonyl (C=O) groups excluding carboxylic acids is 1. The Labute approximate surface area is 117 Å². The van der Waals surface area contributed by atoms with E-state index in [1.807, 2.05) is 24.3 Å². The summed E-state index contributed by atoms with van der Waals surface area (Å²) in [5, 5.41) is 12.0. The van der Waals surface area contributed by atoms with Crippen LogP contribution in [0.25, 0.3) is 10.8 Å². The molecule has 4 heteroatoms. The molecule has 0 radical (unpaired) electrons. The molecule has 1 heterocycles. The van der Waals surface area contributed by atoms with Crippen LogP contribution in [0.15, 0.2) is 36.4 Å². The van der Waals surface area contributed by atoms with E-state index in [1.165, 1.54) is 0 Å². The molecule has 0 spiro atoms. The number of aromatic hydroxyl groups is 1. The molecule has 1 saturated heterocycles.